The van der Waals surface area contributed by atoms with Crippen LogP contribution in [0.1, 0.15) is 10.4 Å². The summed E-state index contributed by atoms with van der Waals surface area (Å²) in [7, 11) is 2.94. The molecule has 0 aliphatic carbocycles. The van der Waals surface area contributed by atoms with Crippen LogP contribution in [0.3, 0.4) is 0 Å². The van der Waals surface area contributed by atoms with E-state index in [2.05, 4.69) is 10.3 Å². The zero-order valence-electron chi connectivity index (χ0n) is 13.6. The third-order valence-corrected chi connectivity index (χ3v) is 3.77. The number of rotatable bonds is 4. The number of aromatic amines is 1. The first-order valence-corrected chi connectivity index (χ1v) is 7.42. The van der Waals surface area contributed by atoms with Crippen molar-refractivity contribution >= 4 is 22.5 Å². The van der Waals surface area contributed by atoms with E-state index in [1.54, 1.807) is 24.3 Å². The highest BCUT2D eigenvalue weighted by Crippen LogP contribution is 2.28. The topological polar surface area (TPSA) is 101 Å². The van der Waals surface area contributed by atoms with Crippen molar-refractivity contribution < 1.29 is 19.4 Å². The highest BCUT2D eigenvalue weighted by molar-refractivity contribution is 6.06. The maximum Gasteiger partial charge on any atom is 0.261 e. The fourth-order valence-electron chi connectivity index (χ4n) is 2.50. The Hall–Kier alpha value is -3.48. The number of hydrogen-bond acceptors (Lipinski definition) is 5. The monoisotopic (exact) mass is 340 g/mol. The van der Waals surface area contributed by atoms with Gasteiger partial charge in [0.15, 0.2) is 0 Å². The van der Waals surface area contributed by atoms with Crippen LogP contribution in [0, 0.1) is 0 Å². The van der Waals surface area contributed by atoms with Crippen LogP contribution in [0.25, 0.3) is 10.9 Å². The minimum Gasteiger partial charge on any atom is -0.506 e. The number of hydrogen-bond donors (Lipinski definition) is 3. The molecule has 7 heteroatoms. The predicted octanol–water partition coefficient (Wildman–Crippen LogP) is 2.50. The van der Waals surface area contributed by atoms with E-state index in [9.17, 15) is 14.7 Å². The molecule has 2 aromatic carbocycles. The second kappa shape index (κ2) is 6.56. The first kappa shape index (κ1) is 16.4. The number of benzene rings is 2. The van der Waals surface area contributed by atoms with Gasteiger partial charge in [-0.1, -0.05) is 12.1 Å². The molecular formula is C18H16N2O5. The molecule has 0 radical (unpaired) electrons. The number of carbonyl (C=O) groups excluding carboxylic acids is 1. The second-order valence-corrected chi connectivity index (χ2v) is 5.25. The van der Waals surface area contributed by atoms with Crippen molar-refractivity contribution in [1.29, 1.82) is 0 Å². The van der Waals surface area contributed by atoms with Gasteiger partial charge >= 0.3 is 0 Å². The van der Waals surface area contributed by atoms with Crippen molar-refractivity contribution in [2.24, 2.45) is 0 Å². The molecule has 3 aromatic rings. The minimum absolute atomic E-state index is 0.0876. The summed E-state index contributed by atoms with van der Waals surface area (Å²) < 4.78 is 10.4. The molecule has 7 nitrogen and oxygen atoms in total. The van der Waals surface area contributed by atoms with Crippen LogP contribution in [-0.4, -0.2) is 30.2 Å². The van der Waals surface area contributed by atoms with Gasteiger partial charge < -0.3 is 24.9 Å². The maximum absolute atomic E-state index is 12.8. The number of amides is 1. The standard InChI is InChI=1S/C18H16N2O5/c1-24-10-7-13-16(15(8-10)25-2)17(22)11(9-19-13)18(23)20-12-5-3-4-6-14(12)21/h3-9,21H,1-2H3,(H,19,22)(H,20,23). The molecule has 0 bridgehead atoms. The van der Waals surface area contributed by atoms with E-state index < -0.39 is 11.3 Å². The number of anilines is 1. The number of fused-ring (bicyclic) bond motifs is 1. The molecule has 0 spiro atoms. The molecule has 128 valence electrons. The summed E-state index contributed by atoms with van der Waals surface area (Å²) in [4.78, 5) is 28.1. The molecule has 1 heterocycles. The predicted molar refractivity (Wildman–Crippen MR) is 93.7 cm³/mol. The van der Waals surface area contributed by atoms with Gasteiger partial charge in [-0.15, -0.1) is 0 Å². The van der Waals surface area contributed by atoms with Crippen molar-refractivity contribution in [3.05, 3.63) is 58.4 Å². The average molecular weight is 340 g/mol. The highest BCUT2D eigenvalue weighted by Gasteiger charge is 2.17. The largest absolute Gasteiger partial charge is 0.506 e. The van der Waals surface area contributed by atoms with Gasteiger partial charge in [0.25, 0.3) is 5.91 Å². The Balaban J connectivity index is 2.08. The molecule has 0 fully saturated rings. The van der Waals surface area contributed by atoms with E-state index >= 15 is 0 Å². The lowest BCUT2D eigenvalue weighted by molar-refractivity contribution is 0.102. The van der Waals surface area contributed by atoms with Crippen molar-refractivity contribution in [3.63, 3.8) is 0 Å². The number of ether oxygens (including phenoxy) is 2. The third kappa shape index (κ3) is 2.99. The van der Waals surface area contributed by atoms with Gasteiger partial charge in [-0.3, -0.25) is 9.59 Å². The Morgan fingerprint density at radius 3 is 2.60 bits per heavy atom. The molecule has 25 heavy (non-hydrogen) atoms. The summed E-state index contributed by atoms with van der Waals surface area (Å²) in [5.41, 5.74) is 0.120. The molecular weight excluding hydrogens is 324 g/mol. The zero-order chi connectivity index (χ0) is 18.0. The molecule has 1 amide bonds. The summed E-state index contributed by atoms with van der Waals surface area (Å²) >= 11 is 0. The number of pyridine rings is 1. The normalized spacial score (nSPS) is 10.5. The second-order valence-electron chi connectivity index (χ2n) is 5.25. The number of aromatic nitrogens is 1. The van der Waals surface area contributed by atoms with Crippen LogP contribution >= 0.6 is 0 Å². The van der Waals surface area contributed by atoms with Crippen LogP contribution in [-0.2, 0) is 0 Å². The average Bonchev–Trinajstić information content (AvgIpc) is 2.62. The Labute approximate surface area is 142 Å². The van der Waals surface area contributed by atoms with Crippen molar-refractivity contribution in [2.75, 3.05) is 19.5 Å². The molecule has 0 aliphatic rings. The molecule has 3 N–H and O–H groups in total. The number of para-hydroxylation sites is 2. The third-order valence-electron chi connectivity index (χ3n) is 3.77. The van der Waals surface area contributed by atoms with Gasteiger partial charge in [-0.25, -0.2) is 0 Å². The first-order chi connectivity index (χ1) is 12.0. The molecule has 0 aliphatic heterocycles. The number of phenols is 1. The van der Waals surface area contributed by atoms with E-state index in [-0.39, 0.29) is 22.4 Å². The number of H-pyrrole nitrogens is 1. The fourth-order valence-corrected chi connectivity index (χ4v) is 2.50. The van der Waals surface area contributed by atoms with Gasteiger partial charge in [0, 0.05) is 18.3 Å². The summed E-state index contributed by atoms with van der Waals surface area (Å²) in [6.07, 6.45) is 1.32. The Kier molecular flexibility index (Phi) is 4.30. The minimum atomic E-state index is -0.637. The van der Waals surface area contributed by atoms with Gasteiger partial charge in [0.1, 0.15) is 22.8 Å². The van der Waals surface area contributed by atoms with Crippen LogP contribution in [0.4, 0.5) is 5.69 Å². The van der Waals surface area contributed by atoms with E-state index in [1.807, 2.05) is 0 Å². The highest BCUT2D eigenvalue weighted by atomic mass is 16.5. The summed E-state index contributed by atoms with van der Waals surface area (Å²) in [6, 6.07) is 9.48. The lowest BCUT2D eigenvalue weighted by Gasteiger charge is -2.10. The fraction of sp³-hybridized carbons (Fsp3) is 0.111. The number of aromatic hydroxyl groups is 1. The van der Waals surface area contributed by atoms with Gasteiger partial charge in [-0.05, 0) is 12.1 Å². The molecule has 3 rings (SSSR count). The van der Waals surface area contributed by atoms with Crippen molar-refractivity contribution in [2.45, 2.75) is 0 Å². The number of phenolic OH excluding ortho intramolecular Hbond substituents is 1. The van der Waals surface area contributed by atoms with Crippen molar-refractivity contribution in [1.82, 2.24) is 4.98 Å². The quantitative estimate of drug-likeness (QED) is 0.634. The van der Waals surface area contributed by atoms with Crippen LogP contribution in [0.15, 0.2) is 47.4 Å². The lowest BCUT2D eigenvalue weighted by Crippen LogP contribution is -2.22. The molecule has 1 aromatic heterocycles. The summed E-state index contributed by atoms with van der Waals surface area (Å²) in [6.45, 7) is 0. The summed E-state index contributed by atoms with van der Waals surface area (Å²) in [5, 5.41) is 12.5. The molecule has 0 atom stereocenters. The number of nitrogens with one attached hydrogen (secondary N) is 2. The Morgan fingerprint density at radius 2 is 1.92 bits per heavy atom. The smallest absolute Gasteiger partial charge is 0.261 e. The van der Waals surface area contributed by atoms with E-state index in [1.165, 1.54) is 32.5 Å². The van der Waals surface area contributed by atoms with E-state index in [4.69, 9.17) is 9.47 Å². The molecule has 0 saturated heterocycles. The lowest BCUT2D eigenvalue weighted by atomic mass is 10.1. The molecule has 0 saturated carbocycles. The summed E-state index contributed by atoms with van der Waals surface area (Å²) in [5.74, 6) is 0.0946. The first-order valence-electron chi connectivity index (χ1n) is 7.42. The Morgan fingerprint density at radius 1 is 1.16 bits per heavy atom. The van der Waals surface area contributed by atoms with Gasteiger partial charge in [0.2, 0.25) is 5.43 Å². The van der Waals surface area contributed by atoms with E-state index in [0.29, 0.717) is 17.0 Å². The van der Waals surface area contributed by atoms with Crippen LogP contribution in [0.5, 0.6) is 17.2 Å². The maximum atomic E-state index is 12.8. The van der Waals surface area contributed by atoms with Crippen molar-refractivity contribution in [3.8, 4) is 17.2 Å². The Bertz CT molecular complexity index is 1010. The molecule has 0 unspecified atom stereocenters. The number of methoxy groups -OCH3 is 2. The van der Waals surface area contributed by atoms with Gasteiger partial charge in [0.05, 0.1) is 30.8 Å². The van der Waals surface area contributed by atoms with Gasteiger partial charge in [-0.2, -0.15) is 0 Å². The zero-order valence-corrected chi connectivity index (χ0v) is 13.6. The van der Waals surface area contributed by atoms with Crippen LogP contribution in [0.2, 0.25) is 0 Å². The van der Waals surface area contributed by atoms with E-state index in [0.717, 1.165) is 0 Å². The van der Waals surface area contributed by atoms with Crippen LogP contribution < -0.4 is 20.2 Å². The number of carbonyl (C=O) groups is 1. The SMILES string of the molecule is COc1cc(OC)c2c(=O)c(C(=O)Nc3ccccc3O)c[nH]c2c1.